The van der Waals surface area contributed by atoms with E-state index in [1.165, 1.54) is 0 Å². The molecule has 0 aliphatic heterocycles. The van der Waals surface area contributed by atoms with Gasteiger partial charge in [-0.3, -0.25) is 0 Å². The topological polar surface area (TPSA) is 9.23 Å². The minimum absolute atomic E-state index is 0.163. The van der Waals surface area contributed by atoms with Gasteiger partial charge in [0.15, 0.2) is 63.9 Å². The Morgan fingerprint density at radius 2 is 0.738 bits per heavy atom. The van der Waals surface area contributed by atoms with Crippen molar-refractivity contribution in [3.05, 3.63) is 99.6 Å². The quantitative estimate of drug-likeness (QED) is 0.0855. The molecule has 0 heterocycles. The highest BCUT2D eigenvalue weighted by molar-refractivity contribution is 6.22. The predicted octanol–water partition coefficient (Wildman–Crippen LogP) is 9.28. The fourth-order valence-corrected chi connectivity index (χ4v) is 4.67. The maximum Gasteiger partial charge on any atom is 0.204 e. The van der Waals surface area contributed by atoms with Crippen LogP contribution in [-0.2, 0) is 0 Å². The molecule has 5 aromatic rings. The molecular weight excluding hydrogens is 606 g/mol. The van der Waals surface area contributed by atoms with Gasteiger partial charge >= 0.3 is 0 Å². The predicted molar refractivity (Wildman–Crippen MR) is 118 cm³/mol. The van der Waals surface area contributed by atoms with Gasteiger partial charge in [-0.25, -0.2) is 52.7 Å². The van der Waals surface area contributed by atoms with E-state index in [-0.39, 0.29) is 6.07 Å². The van der Waals surface area contributed by atoms with Gasteiger partial charge in [-0.1, -0.05) is 6.07 Å². The van der Waals surface area contributed by atoms with Gasteiger partial charge in [-0.2, -0.15) is 8.78 Å². The van der Waals surface area contributed by atoms with Crippen molar-refractivity contribution in [2.45, 2.75) is 0 Å². The Labute approximate surface area is 223 Å². The lowest BCUT2D eigenvalue weighted by atomic mass is 9.84. The van der Waals surface area contributed by atoms with Crippen LogP contribution in [0.1, 0.15) is 0 Å². The minimum Gasteiger partial charge on any atom is -0.491 e. The molecule has 0 aliphatic carbocycles. The first-order valence-electron chi connectivity index (χ1n) is 11.0. The molecule has 1 nitrogen and oxygen atoms in total. The van der Waals surface area contributed by atoms with E-state index in [1.807, 2.05) is 0 Å². The zero-order chi connectivity index (χ0) is 31.1. The van der Waals surface area contributed by atoms with Gasteiger partial charge in [0.2, 0.25) is 17.5 Å². The molecule has 0 atom stereocenters. The van der Waals surface area contributed by atoms with E-state index < -0.39 is 131 Å². The van der Waals surface area contributed by atoms with Crippen LogP contribution in [0.2, 0.25) is 0 Å². The lowest BCUT2D eigenvalue weighted by Crippen LogP contribution is -2.09. The number of rotatable bonds is 3. The molecule has 218 valence electrons. The molecular formula is C27H6F14O. The minimum atomic E-state index is -2.75. The third-order valence-electron chi connectivity index (χ3n) is 6.42. The molecule has 0 spiro atoms. The van der Waals surface area contributed by atoms with Crippen molar-refractivity contribution in [1.82, 2.24) is 0 Å². The first kappa shape index (κ1) is 29.0. The van der Waals surface area contributed by atoms with Crippen molar-refractivity contribution in [2.24, 2.45) is 0 Å². The molecule has 0 fully saturated rings. The smallest absolute Gasteiger partial charge is 0.204 e. The van der Waals surface area contributed by atoms with E-state index in [9.17, 15) is 43.9 Å². The van der Waals surface area contributed by atoms with Crippen LogP contribution >= 0.6 is 0 Å². The maximum atomic E-state index is 15.4. The highest BCUT2D eigenvalue weighted by atomic mass is 19.2. The normalized spacial score (nSPS) is 11.7. The second kappa shape index (κ2) is 9.77. The van der Waals surface area contributed by atoms with Crippen LogP contribution < -0.4 is 4.74 Å². The Balaban J connectivity index is 2.22. The van der Waals surface area contributed by atoms with Crippen LogP contribution in [0.15, 0.2) is 18.2 Å². The Morgan fingerprint density at radius 1 is 0.381 bits per heavy atom. The molecule has 5 rings (SSSR count). The largest absolute Gasteiger partial charge is 0.491 e. The summed E-state index contributed by atoms with van der Waals surface area (Å²) in [6.45, 7) is 0. The lowest BCUT2D eigenvalue weighted by molar-refractivity contribution is 0.334. The van der Waals surface area contributed by atoms with E-state index in [0.29, 0.717) is 19.2 Å². The van der Waals surface area contributed by atoms with Gasteiger partial charge in [0.1, 0.15) is 5.82 Å². The van der Waals surface area contributed by atoms with Gasteiger partial charge < -0.3 is 4.74 Å². The highest BCUT2D eigenvalue weighted by Crippen LogP contribution is 2.50. The molecule has 0 unspecified atom stereocenters. The number of hydrogen-bond acceptors (Lipinski definition) is 1. The monoisotopic (exact) mass is 612 g/mol. The molecule has 0 N–H and O–H groups in total. The molecule has 15 heteroatoms. The average molecular weight is 612 g/mol. The Bertz CT molecular complexity index is 1960. The molecule has 5 aromatic carbocycles. The Kier molecular flexibility index (Phi) is 6.74. The van der Waals surface area contributed by atoms with E-state index >= 15 is 17.6 Å². The van der Waals surface area contributed by atoms with Crippen molar-refractivity contribution in [1.29, 1.82) is 0 Å². The summed E-state index contributed by atoms with van der Waals surface area (Å²) < 4.78 is 210. The summed E-state index contributed by atoms with van der Waals surface area (Å²) in [5, 5.41) is -6.13. The molecule has 0 amide bonds. The van der Waals surface area contributed by atoms with Gasteiger partial charge in [0.25, 0.3) is 0 Å². The Hall–Kier alpha value is -4.56. The summed E-state index contributed by atoms with van der Waals surface area (Å²) >= 11 is 0. The zero-order valence-electron chi connectivity index (χ0n) is 19.9. The maximum absolute atomic E-state index is 15.4. The van der Waals surface area contributed by atoms with Crippen molar-refractivity contribution in [3.63, 3.8) is 0 Å². The number of fused-ring (bicyclic) bond motifs is 2. The third kappa shape index (κ3) is 3.71. The molecule has 0 saturated heterocycles. The van der Waals surface area contributed by atoms with E-state index in [2.05, 4.69) is 4.74 Å². The first-order chi connectivity index (χ1) is 19.7. The lowest BCUT2D eigenvalue weighted by Gasteiger charge is -2.21. The van der Waals surface area contributed by atoms with Gasteiger partial charge in [-0.15, -0.1) is 0 Å². The van der Waals surface area contributed by atoms with Crippen LogP contribution in [0.3, 0.4) is 0 Å². The number of benzene rings is 5. The van der Waals surface area contributed by atoms with Crippen LogP contribution in [0.4, 0.5) is 61.5 Å². The molecule has 0 radical (unpaired) electrons. The SMILES string of the molecule is COc1c(F)c(F)c(-c2c3ccc(F)cc3c(-c3c(F)c(F)c(F)c(F)c3F)c3c(F)c(F)c(F)c(F)c23)c(F)c1F. The molecule has 0 aromatic heterocycles. The average Bonchev–Trinajstić information content (AvgIpc) is 2.96. The highest BCUT2D eigenvalue weighted by Gasteiger charge is 2.36. The summed E-state index contributed by atoms with van der Waals surface area (Å²) in [7, 11) is 0.583. The molecule has 0 saturated carbocycles. The van der Waals surface area contributed by atoms with Gasteiger partial charge in [0, 0.05) is 21.9 Å². The fourth-order valence-electron chi connectivity index (χ4n) is 4.67. The molecule has 42 heavy (non-hydrogen) atoms. The van der Waals surface area contributed by atoms with Crippen LogP contribution in [-0.4, -0.2) is 7.11 Å². The van der Waals surface area contributed by atoms with E-state index in [1.54, 1.807) is 0 Å². The van der Waals surface area contributed by atoms with Crippen LogP contribution in [0, 0.1) is 81.4 Å². The first-order valence-corrected chi connectivity index (χ1v) is 11.0. The summed E-state index contributed by atoms with van der Waals surface area (Å²) in [5.74, 6) is -36.6. The third-order valence-corrected chi connectivity index (χ3v) is 6.42. The summed E-state index contributed by atoms with van der Waals surface area (Å²) in [6.07, 6.45) is 0. The Morgan fingerprint density at radius 3 is 1.17 bits per heavy atom. The van der Waals surface area contributed by atoms with Gasteiger partial charge in [0.05, 0.1) is 18.2 Å². The van der Waals surface area contributed by atoms with Crippen molar-refractivity contribution in [2.75, 3.05) is 7.11 Å². The van der Waals surface area contributed by atoms with Gasteiger partial charge in [-0.05, 0) is 22.9 Å². The van der Waals surface area contributed by atoms with Crippen molar-refractivity contribution >= 4 is 21.5 Å². The summed E-state index contributed by atoms with van der Waals surface area (Å²) in [5.41, 5.74) is -7.31. The second-order valence-corrected chi connectivity index (χ2v) is 8.55. The number of halogens is 14. The number of methoxy groups -OCH3 is 1. The zero-order valence-corrected chi connectivity index (χ0v) is 19.9. The van der Waals surface area contributed by atoms with E-state index in [0.717, 1.165) is 0 Å². The molecule has 0 aliphatic rings. The fraction of sp³-hybridized carbons (Fsp3) is 0.0370. The summed E-state index contributed by atoms with van der Waals surface area (Å²) in [6, 6.07) is 1.00. The summed E-state index contributed by atoms with van der Waals surface area (Å²) in [4.78, 5) is 0. The van der Waals surface area contributed by atoms with Crippen molar-refractivity contribution in [3.8, 4) is 28.0 Å². The molecule has 0 bridgehead atoms. The van der Waals surface area contributed by atoms with Crippen LogP contribution in [0.25, 0.3) is 43.8 Å². The van der Waals surface area contributed by atoms with Crippen LogP contribution in [0.5, 0.6) is 5.75 Å². The number of hydrogen-bond donors (Lipinski definition) is 0. The van der Waals surface area contributed by atoms with Crippen molar-refractivity contribution < 1.29 is 66.2 Å². The standard InChI is InChI=1S/C27H6F14O/c1-42-27-25(40)18(33)12(19(34)26(27)41)8-6-3-2-5(28)4-7(6)9(11-10(8)14(29)20(35)21(36)15(11)30)13-16(31)22(37)24(39)23(38)17(13)32/h2-4H,1H3. The van der Waals surface area contributed by atoms with E-state index in [4.69, 9.17) is 0 Å². The second-order valence-electron chi connectivity index (χ2n) is 8.55. The number of ether oxygens (including phenoxy) is 1.